The molecule has 1 saturated heterocycles. The highest BCUT2D eigenvalue weighted by atomic mass is 79.9. The lowest BCUT2D eigenvalue weighted by Crippen LogP contribution is -2.19. The molecule has 1 aromatic carbocycles. The van der Waals surface area contributed by atoms with Crippen LogP contribution in [0.5, 0.6) is 0 Å². The monoisotopic (exact) mass is 282 g/mol. The maximum atomic E-state index is 5.90. The van der Waals surface area contributed by atoms with E-state index in [9.17, 15) is 0 Å². The number of hydrogen-bond acceptors (Lipinski definition) is 2. The van der Waals surface area contributed by atoms with Gasteiger partial charge in [0.25, 0.3) is 0 Å². The van der Waals surface area contributed by atoms with E-state index < -0.39 is 0 Å². The smallest absolute Gasteiger partial charge is 0.0377 e. The van der Waals surface area contributed by atoms with Crippen LogP contribution in [-0.4, -0.2) is 13.1 Å². The molecule has 1 aliphatic rings. The topological polar surface area (TPSA) is 29.3 Å². The third kappa shape index (κ3) is 2.41. The normalized spacial score (nSPS) is 22.5. The van der Waals surface area contributed by atoms with E-state index in [2.05, 4.69) is 46.0 Å². The lowest BCUT2D eigenvalue weighted by Gasteiger charge is -2.20. The summed E-state index contributed by atoms with van der Waals surface area (Å²) in [6.45, 7) is 6.66. The van der Waals surface area contributed by atoms with Crippen molar-refractivity contribution < 1.29 is 0 Å². The molecule has 2 N–H and O–H groups in total. The van der Waals surface area contributed by atoms with Crippen molar-refractivity contribution in [2.75, 3.05) is 18.0 Å². The Labute approximate surface area is 106 Å². The van der Waals surface area contributed by atoms with E-state index in [1.165, 1.54) is 30.8 Å². The van der Waals surface area contributed by atoms with Gasteiger partial charge in [-0.1, -0.05) is 28.9 Å². The number of halogens is 1. The van der Waals surface area contributed by atoms with Crippen molar-refractivity contribution in [3.63, 3.8) is 0 Å². The first-order valence-corrected chi connectivity index (χ1v) is 6.67. The van der Waals surface area contributed by atoms with Gasteiger partial charge in [0.05, 0.1) is 0 Å². The highest BCUT2D eigenvalue weighted by molar-refractivity contribution is 9.10. The lowest BCUT2D eigenvalue weighted by molar-refractivity contribution is 0.659. The number of nitrogens with two attached hydrogens (primary N) is 1. The SMILES string of the molecule is CC1CCN(c2ccc([C@@H](C)N)c(Br)c2)C1. The summed E-state index contributed by atoms with van der Waals surface area (Å²) in [5.41, 5.74) is 8.38. The third-order valence-electron chi connectivity index (χ3n) is 3.26. The first kappa shape index (κ1) is 11.9. The van der Waals surface area contributed by atoms with Crippen LogP contribution in [0.25, 0.3) is 0 Å². The Kier molecular flexibility index (Phi) is 3.55. The molecule has 0 bridgehead atoms. The minimum atomic E-state index is 0.0842. The summed E-state index contributed by atoms with van der Waals surface area (Å²) in [5.74, 6) is 0.812. The number of anilines is 1. The number of nitrogens with zero attached hydrogens (tertiary/aromatic N) is 1. The fourth-order valence-electron chi connectivity index (χ4n) is 2.25. The van der Waals surface area contributed by atoms with Gasteiger partial charge in [0, 0.05) is 29.3 Å². The van der Waals surface area contributed by atoms with E-state index in [0.29, 0.717) is 0 Å². The summed E-state index contributed by atoms with van der Waals surface area (Å²) in [6.07, 6.45) is 1.30. The van der Waals surface area contributed by atoms with Crippen LogP contribution in [0.15, 0.2) is 22.7 Å². The predicted octanol–water partition coefficient (Wildman–Crippen LogP) is 3.32. The zero-order chi connectivity index (χ0) is 11.7. The first-order valence-electron chi connectivity index (χ1n) is 5.88. The molecule has 0 amide bonds. The van der Waals surface area contributed by atoms with Crippen LogP contribution in [0.4, 0.5) is 5.69 Å². The standard InChI is InChI=1S/C13H19BrN2/c1-9-5-6-16(8-9)11-3-4-12(10(2)15)13(14)7-11/h3-4,7,9-10H,5-6,8,15H2,1-2H3/t9?,10-/m1/s1. The summed E-state index contributed by atoms with van der Waals surface area (Å²) >= 11 is 3.60. The summed E-state index contributed by atoms with van der Waals surface area (Å²) < 4.78 is 1.12. The van der Waals surface area contributed by atoms with Crippen LogP contribution in [0, 0.1) is 5.92 Å². The minimum absolute atomic E-state index is 0.0842. The minimum Gasteiger partial charge on any atom is -0.371 e. The van der Waals surface area contributed by atoms with Gasteiger partial charge < -0.3 is 10.6 Å². The van der Waals surface area contributed by atoms with Crippen molar-refractivity contribution >= 4 is 21.6 Å². The third-order valence-corrected chi connectivity index (χ3v) is 3.95. The molecule has 2 atom stereocenters. The first-order chi connectivity index (χ1) is 7.58. The Hall–Kier alpha value is -0.540. The highest BCUT2D eigenvalue weighted by Crippen LogP contribution is 2.30. The molecule has 3 heteroatoms. The van der Waals surface area contributed by atoms with Crippen molar-refractivity contribution in [3.05, 3.63) is 28.2 Å². The van der Waals surface area contributed by atoms with Crippen molar-refractivity contribution in [3.8, 4) is 0 Å². The molecule has 1 aromatic rings. The molecule has 1 heterocycles. The molecule has 1 aliphatic heterocycles. The Morgan fingerprint density at radius 2 is 2.25 bits per heavy atom. The zero-order valence-corrected chi connectivity index (χ0v) is 11.5. The van der Waals surface area contributed by atoms with Crippen LogP contribution in [-0.2, 0) is 0 Å². The van der Waals surface area contributed by atoms with Gasteiger partial charge in [-0.3, -0.25) is 0 Å². The van der Waals surface area contributed by atoms with Crippen molar-refractivity contribution in [1.29, 1.82) is 0 Å². The van der Waals surface area contributed by atoms with Gasteiger partial charge in [-0.2, -0.15) is 0 Å². The summed E-state index contributed by atoms with van der Waals surface area (Å²) in [4.78, 5) is 2.44. The van der Waals surface area contributed by atoms with Gasteiger partial charge in [0.1, 0.15) is 0 Å². The molecule has 16 heavy (non-hydrogen) atoms. The van der Waals surface area contributed by atoms with Gasteiger partial charge >= 0.3 is 0 Å². The van der Waals surface area contributed by atoms with Gasteiger partial charge in [0.2, 0.25) is 0 Å². The van der Waals surface area contributed by atoms with E-state index in [1.54, 1.807) is 0 Å². The van der Waals surface area contributed by atoms with Crippen molar-refractivity contribution in [2.45, 2.75) is 26.3 Å². The zero-order valence-electron chi connectivity index (χ0n) is 9.91. The van der Waals surface area contributed by atoms with E-state index >= 15 is 0 Å². The second-order valence-corrected chi connectivity index (χ2v) is 5.69. The summed E-state index contributed by atoms with van der Waals surface area (Å²) in [6, 6.07) is 6.59. The molecule has 1 unspecified atom stereocenters. The van der Waals surface area contributed by atoms with Crippen LogP contribution >= 0.6 is 15.9 Å². The molecule has 2 nitrogen and oxygen atoms in total. The quantitative estimate of drug-likeness (QED) is 0.902. The maximum absolute atomic E-state index is 5.90. The molecule has 1 fully saturated rings. The van der Waals surface area contributed by atoms with E-state index in [0.717, 1.165) is 10.4 Å². The second kappa shape index (κ2) is 4.76. The van der Waals surface area contributed by atoms with Gasteiger partial charge in [-0.05, 0) is 37.0 Å². The van der Waals surface area contributed by atoms with Crippen molar-refractivity contribution in [1.82, 2.24) is 0 Å². The number of benzene rings is 1. The molecule has 0 radical (unpaired) electrons. The van der Waals surface area contributed by atoms with E-state index in [-0.39, 0.29) is 6.04 Å². The molecule has 0 aromatic heterocycles. The predicted molar refractivity (Wildman–Crippen MR) is 72.7 cm³/mol. The fourth-order valence-corrected chi connectivity index (χ4v) is 2.98. The Balaban J connectivity index is 2.21. The fraction of sp³-hybridized carbons (Fsp3) is 0.538. The maximum Gasteiger partial charge on any atom is 0.0377 e. The summed E-state index contributed by atoms with van der Waals surface area (Å²) in [5, 5.41) is 0. The largest absolute Gasteiger partial charge is 0.371 e. The van der Waals surface area contributed by atoms with Crippen LogP contribution < -0.4 is 10.6 Å². The Morgan fingerprint density at radius 3 is 2.75 bits per heavy atom. The highest BCUT2D eigenvalue weighted by Gasteiger charge is 2.19. The molecule has 88 valence electrons. The van der Waals surface area contributed by atoms with Gasteiger partial charge in [-0.15, -0.1) is 0 Å². The lowest BCUT2D eigenvalue weighted by atomic mass is 10.1. The van der Waals surface area contributed by atoms with Crippen molar-refractivity contribution in [2.24, 2.45) is 11.7 Å². The number of hydrogen-bond donors (Lipinski definition) is 1. The van der Waals surface area contributed by atoms with Crippen LogP contribution in [0.1, 0.15) is 31.9 Å². The Morgan fingerprint density at radius 1 is 1.50 bits per heavy atom. The number of rotatable bonds is 2. The average Bonchev–Trinajstić information content (AvgIpc) is 2.64. The van der Waals surface area contributed by atoms with E-state index in [4.69, 9.17) is 5.73 Å². The summed E-state index contributed by atoms with van der Waals surface area (Å²) in [7, 11) is 0. The molecule has 0 aliphatic carbocycles. The van der Waals surface area contributed by atoms with Crippen LogP contribution in [0.3, 0.4) is 0 Å². The molecule has 0 saturated carbocycles. The van der Waals surface area contributed by atoms with Gasteiger partial charge in [-0.25, -0.2) is 0 Å². The Bertz CT molecular complexity index is 376. The molecular formula is C13H19BrN2. The van der Waals surface area contributed by atoms with Crippen LogP contribution in [0.2, 0.25) is 0 Å². The molecular weight excluding hydrogens is 264 g/mol. The van der Waals surface area contributed by atoms with E-state index in [1.807, 2.05) is 6.92 Å². The van der Waals surface area contributed by atoms with Gasteiger partial charge in [0.15, 0.2) is 0 Å². The molecule has 0 spiro atoms. The average molecular weight is 283 g/mol. The molecule has 2 rings (SSSR count). The second-order valence-electron chi connectivity index (χ2n) is 4.83.